The third kappa shape index (κ3) is 1.96. The Hall–Kier alpha value is -0.640. The highest BCUT2D eigenvalue weighted by Crippen LogP contribution is 2.44. The monoisotopic (exact) mass is 255 g/mol. The van der Waals surface area contributed by atoms with Crippen molar-refractivity contribution in [2.45, 2.75) is 37.5 Å². The van der Waals surface area contributed by atoms with Crippen LogP contribution in [0.4, 0.5) is 4.39 Å². The minimum absolute atomic E-state index is 0.228. The number of benzene rings is 1. The zero-order valence-electron chi connectivity index (χ0n) is 9.40. The molecule has 0 aliphatic carbocycles. The summed E-state index contributed by atoms with van der Waals surface area (Å²) in [5, 5.41) is 0.543. The van der Waals surface area contributed by atoms with Crippen LogP contribution in [0.2, 0.25) is 5.02 Å². The first-order valence-electron chi connectivity index (χ1n) is 6.01. The lowest BCUT2D eigenvalue weighted by Crippen LogP contribution is -2.29. The van der Waals surface area contributed by atoms with E-state index in [4.69, 9.17) is 22.1 Å². The Balaban J connectivity index is 1.86. The molecule has 1 aromatic carbocycles. The predicted molar refractivity (Wildman–Crippen MR) is 64.3 cm³/mol. The molecule has 2 nitrogen and oxygen atoms in total. The van der Waals surface area contributed by atoms with Gasteiger partial charge in [0.15, 0.2) is 0 Å². The van der Waals surface area contributed by atoms with Crippen LogP contribution in [-0.4, -0.2) is 12.2 Å². The molecule has 17 heavy (non-hydrogen) atoms. The van der Waals surface area contributed by atoms with Crippen LogP contribution in [0.3, 0.4) is 0 Å². The number of nitrogens with two attached hydrogens (primary N) is 1. The lowest BCUT2D eigenvalue weighted by atomic mass is 9.81. The van der Waals surface area contributed by atoms with E-state index in [-0.39, 0.29) is 23.9 Å². The van der Waals surface area contributed by atoms with E-state index in [9.17, 15) is 4.39 Å². The highest BCUT2D eigenvalue weighted by atomic mass is 35.5. The van der Waals surface area contributed by atoms with Crippen LogP contribution in [-0.2, 0) is 4.74 Å². The number of rotatable bonds is 2. The topological polar surface area (TPSA) is 35.2 Å². The third-order valence-corrected chi connectivity index (χ3v) is 4.28. The zero-order chi connectivity index (χ0) is 12.0. The summed E-state index contributed by atoms with van der Waals surface area (Å²) in [7, 11) is 0. The van der Waals surface area contributed by atoms with Gasteiger partial charge >= 0.3 is 0 Å². The fraction of sp³-hybridized carbons (Fsp3) is 0.538. The van der Waals surface area contributed by atoms with Crippen molar-refractivity contribution in [3.63, 3.8) is 0 Å². The molecule has 2 fully saturated rings. The first kappa shape index (κ1) is 11.5. The molecule has 2 aliphatic rings. The Morgan fingerprint density at radius 3 is 2.88 bits per heavy atom. The second-order valence-corrected chi connectivity index (χ2v) is 5.37. The number of fused-ring (bicyclic) bond motifs is 2. The predicted octanol–water partition coefficient (Wildman–Crippen LogP) is 3.05. The van der Waals surface area contributed by atoms with Crippen molar-refractivity contribution < 1.29 is 9.13 Å². The fourth-order valence-electron chi connectivity index (χ4n) is 3.06. The van der Waals surface area contributed by atoms with Crippen LogP contribution in [0.25, 0.3) is 0 Å². The van der Waals surface area contributed by atoms with Gasteiger partial charge in [-0.1, -0.05) is 11.6 Å². The number of halogens is 2. The lowest BCUT2D eigenvalue weighted by molar-refractivity contribution is 0.0884. The van der Waals surface area contributed by atoms with Gasteiger partial charge in [-0.05, 0) is 43.0 Å². The fourth-order valence-corrected chi connectivity index (χ4v) is 3.30. The maximum absolute atomic E-state index is 13.2. The van der Waals surface area contributed by atoms with Gasteiger partial charge in [-0.15, -0.1) is 0 Å². The Morgan fingerprint density at radius 1 is 1.41 bits per heavy atom. The second-order valence-electron chi connectivity index (χ2n) is 4.97. The van der Waals surface area contributed by atoms with Crippen molar-refractivity contribution in [3.05, 3.63) is 34.6 Å². The van der Waals surface area contributed by atoms with E-state index in [1.165, 1.54) is 12.1 Å². The van der Waals surface area contributed by atoms with Crippen LogP contribution < -0.4 is 5.73 Å². The van der Waals surface area contributed by atoms with Crippen molar-refractivity contribution >= 4 is 11.6 Å². The Labute approximate surface area is 105 Å². The highest BCUT2D eigenvalue weighted by Gasteiger charge is 2.44. The molecule has 2 N–H and O–H groups in total. The van der Waals surface area contributed by atoms with Gasteiger partial charge in [-0.3, -0.25) is 0 Å². The summed E-state index contributed by atoms with van der Waals surface area (Å²) in [5.41, 5.74) is 6.93. The quantitative estimate of drug-likeness (QED) is 0.882. The van der Waals surface area contributed by atoms with Crippen molar-refractivity contribution in [3.8, 4) is 0 Å². The number of hydrogen-bond donors (Lipinski definition) is 1. The Kier molecular flexibility index (Phi) is 2.85. The summed E-state index contributed by atoms with van der Waals surface area (Å²) >= 11 is 6.08. The zero-order valence-corrected chi connectivity index (χ0v) is 10.2. The molecule has 0 saturated carbocycles. The van der Waals surface area contributed by atoms with Gasteiger partial charge in [0, 0.05) is 17.0 Å². The maximum Gasteiger partial charge on any atom is 0.123 e. The largest absolute Gasteiger partial charge is 0.375 e. The van der Waals surface area contributed by atoms with E-state index in [1.807, 2.05) is 0 Å². The molecular formula is C13H15ClFNO. The highest BCUT2D eigenvalue weighted by molar-refractivity contribution is 6.31. The molecule has 0 radical (unpaired) electrons. The minimum atomic E-state index is -0.288. The molecule has 4 unspecified atom stereocenters. The summed E-state index contributed by atoms with van der Waals surface area (Å²) in [5.74, 6) is -0.0167. The van der Waals surface area contributed by atoms with Gasteiger partial charge in [-0.2, -0.15) is 0 Å². The summed E-state index contributed by atoms with van der Waals surface area (Å²) < 4.78 is 19.0. The summed E-state index contributed by atoms with van der Waals surface area (Å²) in [4.78, 5) is 0. The first-order chi connectivity index (χ1) is 8.15. The van der Waals surface area contributed by atoms with E-state index in [0.29, 0.717) is 16.7 Å². The SMILES string of the molecule is NC(c1cc(F)ccc1Cl)C1CC2CCC1O2. The van der Waals surface area contributed by atoms with Crippen LogP contribution in [0, 0.1) is 11.7 Å². The molecule has 0 spiro atoms. The summed E-state index contributed by atoms with van der Waals surface area (Å²) in [6.45, 7) is 0. The molecule has 2 saturated heterocycles. The minimum Gasteiger partial charge on any atom is -0.375 e. The normalized spacial score (nSPS) is 33.0. The van der Waals surface area contributed by atoms with Crippen molar-refractivity contribution in [1.29, 1.82) is 0 Å². The summed E-state index contributed by atoms with van der Waals surface area (Å²) in [6.07, 6.45) is 3.75. The van der Waals surface area contributed by atoms with Crippen LogP contribution in [0.15, 0.2) is 18.2 Å². The smallest absolute Gasteiger partial charge is 0.123 e. The molecule has 1 aromatic rings. The van der Waals surface area contributed by atoms with E-state index in [1.54, 1.807) is 6.07 Å². The van der Waals surface area contributed by atoms with Crippen molar-refractivity contribution in [2.24, 2.45) is 11.7 Å². The summed E-state index contributed by atoms with van der Waals surface area (Å²) in [6, 6.07) is 4.14. The van der Waals surface area contributed by atoms with Crippen molar-refractivity contribution in [1.82, 2.24) is 0 Å². The average molecular weight is 256 g/mol. The van der Waals surface area contributed by atoms with Gasteiger partial charge in [0.25, 0.3) is 0 Å². The number of ether oxygens (including phenoxy) is 1. The molecule has 3 rings (SSSR count). The van der Waals surface area contributed by atoms with E-state index >= 15 is 0 Å². The van der Waals surface area contributed by atoms with Crippen LogP contribution in [0.1, 0.15) is 30.9 Å². The maximum atomic E-state index is 13.2. The standard InChI is InChI=1S/C13H15ClFNO/c14-11-3-1-7(15)5-9(11)13(16)10-6-8-2-4-12(10)17-8/h1,3,5,8,10,12-13H,2,4,6,16H2. The molecule has 2 bridgehead atoms. The molecule has 0 aromatic heterocycles. The van der Waals surface area contributed by atoms with Gasteiger partial charge in [0.1, 0.15) is 5.82 Å². The second kappa shape index (κ2) is 4.23. The van der Waals surface area contributed by atoms with Gasteiger partial charge < -0.3 is 10.5 Å². The van der Waals surface area contributed by atoms with Crippen molar-refractivity contribution in [2.75, 3.05) is 0 Å². The molecule has 92 valence electrons. The molecule has 2 heterocycles. The van der Waals surface area contributed by atoms with Crippen LogP contribution >= 0.6 is 11.6 Å². The van der Waals surface area contributed by atoms with E-state index in [2.05, 4.69) is 0 Å². The number of hydrogen-bond acceptors (Lipinski definition) is 2. The molecule has 0 amide bonds. The van der Waals surface area contributed by atoms with Crippen LogP contribution in [0.5, 0.6) is 0 Å². The van der Waals surface area contributed by atoms with E-state index in [0.717, 1.165) is 19.3 Å². The molecular weight excluding hydrogens is 241 g/mol. The molecule has 4 atom stereocenters. The Bertz CT molecular complexity index is 439. The average Bonchev–Trinajstić information content (AvgIpc) is 2.93. The molecule has 4 heteroatoms. The Morgan fingerprint density at radius 2 is 2.24 bits per heavy atom. The van der Waals surface area contributed by atoms with Gasteiger partial charge in [-0.25, -0.2) is 4.39 Å². The molecule has 2 aliphatic heterocycles. The van der Waals surface area contributed by atoms with Gasteiger partial charge in [0.2, 0.25) is 0 Å². The third-order valence-electron chi connectivity index (χ3n) is 3.93. The van der Waals surface area contributed by atoms with E-state index < -0.39 is 0 Å². The lowest BCUT2D eigenvalue weighted by Gasteiger charge is -2.26. The first-order valence-corrected chi connectivity index (χ1v) is 6.39. The van der Waals surface area contributed by atoms with Gasteiger partial charge in [0.05, 0.1) is 12.2 Å².